The van der Waals surface area contributed by atoms with Crippen LogP contribution in [0.3, 0.4) is 0 Å². The summed E-state index contributed by atoms with van der Waals surface area (Å²) in [5, 5.41) is 3.82. The quantitative estimate of drug-likeness (QED) is 0.300. The lowest BCUT2D eigenvalue weighted by atomic mass is 9.74. The predicted octanol–water partition coefficient (Wildman–Crippen LogP) is 6.45. The summed E-state index contributed by atoms with van der Waals surface area (Å²) in [5.41, 5.74) is 5.63. The summed E-state index contributed by atoms with van der Waals surface area (Å²) in [6, 6.07) is 19.9. The van der Waals surface area contributed by atoms with Crippen molar-refractivity contribution in [3.8, 4) is 0 Å². The Kier molecular flexibility index (Phi) is 10.5. The third-order valence-corrected chi connectivity index (χ3v) is 8.28. The van der Waals surface area contributed by atoms with Crippen LogP contribution < -0.4 is 5.32 Å². The highest BCUT2D eigenvalue weighted by Crippen LogP contribution is 2.38. The first-order valence-corrected chi connectivity index (χ1v) is 14.6. The summed E-state index contributed by atoms with van der Waals surface area (Å²) in [4.78, 5) is 17.7. The van der Waals surface area contributed by atoms with Crippen molar-refractivity contribution in [1.29, 1.82) is 0 Å². The number of nitrogens with zero attached hydrogens (tertiary/aromatic N) is 2. The molecule has 1 fully saturated rings. The molecule has 0 saturated carbocycles. The Morgan fingerprint density at radius 2 is 1.48 bits per heavy atom. The van der Waals surface area contributed by atoms with Gasteiger partial charge in [0.15, 0.2) is 0 Å². The van der Waals surface area contributed by atoms with E-state index in [1.54, 1.807) is 0 Å². The number of halogens is 2. The molecule has 6 heteroatoms. The van der Waals surface area contributed by atoms with E-state index in [0.29, 0.717) is 19.5 Å². The molecule has 4 rings (SSSR count). The number of piperidine rings is 1. The number of aryl methyl sites for hydroxylation is 2. The standard InChI is InChI=1S/C34H43F2N3O/c1-5-38(6-2)17-16-33(40)39-18-15-32(37-22-26-20-24(3)19-25(4)21-26)31(23-39)34(27-7-11-29(35)12-8-27)28-9-13-30(36)14-10-28/h7-14,19-21,31-32,34,37H,5-6,15-18,22-23H2,1-4H3/t31-,32+/m0/s1. The smallest absolute Gasteiger partial charge is 0.223 e. The minimum Gasteiger partial charge on any atom is -0.342 e. The molecule has 4 nitrogen and oxygen atoms in total. The molecular weight excluding hydrogens is 504 g/mol. The second-order valence-corrected chi connectivity index (χ2v) is 11.1. The lowest BCUT2D eigenvalue weighted by Crippen LogP contribution is -2.53. The molecule has 0 aliphatic carbocycles. The summed E-state index contributed by atoms with van der Waals surface area (Å²) in [7, 11) is 0. The fourth-order valence-electron chi connectivity index (χ4n) is 6.20. The number of amides is 1. The summed E-state index contributed by atoms with van der Waals surface area (Å²) < 4.78 is 27.9. The normalized spacial score (nSPS) is 17.6. The molecule has 1 heterocycles. The van der Waals surface area contributed by atoms with Crippen molar-refractivity contribution in [1.82, 2.24) is 15.1 Å². The van der Waals surface area contributed by atoms with Gasteiger partial charge >= 0.3 is 0 Å². The van der Waals surface area contributed by atoms with Crippen LogP contribution in [0.2, 0.25) is 0 Å². The second-order valence-electron chi connectivity index (χ2n) is 11.1. The molecule has 1 saturated heterocycles. The molecule has 3 aromatic carbocycles. The van der Waals surface area contributed by atoms with Crippen molar-refractivity contribution in [3.05, 3.63) is 106 Å². The second kappa shape index (κ2) is 14.0. The highest BCUT2D eigenvalue weighted by molar-refractivity contribution is 5.76. The molecule has 0 spiro atoms. The van der Waals surface area contributed by atoms with E-state index < -0.39 is 0 Å². The highest BCUT2D eigenvalue weighted by atomic mass is 19.1. The lowest BCUT2D eigenvalue weighted by molar-refractivity contribution is -0.133. The van der Waals surface area contributed by atoms with Gasteiger partial charge in [-0.25, -0.2) is 8.78 Å². The van der Waals surface area contributed by atoms with Crippen LogP contribution in [-0.4, -0.2) is 54.5 Å². The van der Waals surface area contributed by atoms with Crippen molar-refractivity contribution in [2.75, 3.05) is 32.7 Å². The minimum atomic E-state index is -0.289. The average Bonchev–Trinajstić information content (AvgIpc) is 2.94. The van der Waals surface area contributed by atoms with Crippen molar-refractivity contribution < 1.29 is 13.6 Å². The Bertz CT molecular complexity index is 1180. The molecule has 0 aromatic heterocycles. The first-order chi connectivity index (χ1) is 19.3. The summed E-state index contributed by atoms with van der Waals surface area (Å²) in [6.45, 7) is 13.1. The van der Waals surface area contributed by atoms with E-state index in [0.717, 1.165) is 43.7 Å². The van der Waals surface area contributed by atoms with Crippen LogP contribution in [-0.2, 0) is 11.3 Å². The number of likely N-dealkylation sites (tertiary alicyclic amines) is 1. The molecule has 2 atom stereocenters. The van der Waals surface area contributed by atoms with Crippen molar-refractivity contribution in [3.63, 3.8) is 0 Å². The maximum Gasteiger partial charge on any atom is 0.223 e. The van der Waals surface area contributed by atoms with E-state index in [1.807, 2.05) is 29.2 Å². The van der Waals surface area contributed by atoms with Crippen LogP contribution in [0.25, 0.3) is 0 Å². The molecule has 40 heavy (non-hydrogen) atoms. The monoisotopic (exact) mass is 547 g/mol. The van der Waals surface area contributed by atoms with Crippen molar-refractivity contribution in [2.24, 2.45) is 5.92 Å². The molecule has 1 amide bonds. The number of rotatable bonds is 11. The number of benzene rings is 3. The predicted molar refractivity (Wildman–Crippen MR) is 158 cm³/mol. The third kappa shape index (κ3) is 7.76. The van der Waals surface area contributed by atoms with Gasteiger partial charge in [-0.05, 0) is 74.3 Å². The number of nitrogens with one attached hydrogen (secondary N) is 1. The topological polar surface area (TPSA) is 35.6 Å². The summed E-state index contributed by atoms with van der Waals surface area (Å²) >= 11 is 0. The molecule has 3 aromatic rings. The van der Waals surface area contributed by atoms with Crippen molar-refractivity contribution in [2.45, 2.75) is 59.0 Å². The Morgan fingerprint density at radius 3 is 2.00 bits per heavy atom. The molecule has 1 N–H and O–H groups in total. The van der Waals surface area contributed by atoms with Crippen LogP contribution in [0.1, 0.15) is 60.4 Å². The van der Waals surface area contributed by atoms with Gasteiger partial charge in [0.1, 0.15) is 11.6 Å². The van der Waals surface area contributed by atoms with Gasteiger partial charge in [-0.15, -0.1) is 0 Å². The van der Waals surface area contributed by atoms with Crippen LogP contribution >= 0.6 is 0 Å². The van der Waals surface area contributed by atoms with Gasteiger partial charge in [0.05, 0.1) is 0 Å². The maximum atomic E-state index is 14.0. The first kappa shape index (κ1) is 29.9. The fraction of sp³-hybridized carbons (Fsp3) is 0.441. The molecule has 0 radical (unpaired) electrons. The van der Waals surface area contributed by atoms with Crippen LogP contribution in [0, 0.1) is 31.4 Å². The number of carbonyl (C=O) groups excluding carboxylic acids is 1. The Hall–Kier alpha value is -3.09. The van der Waals surface area contributed by atoms with E-state index in [-0.39, 0.29) is 35.4 Å². The molecule has 214 valence electrons. The van der Waals surface area contributed by atoms with E-state index in [2.05, 4.69) is 56.1 Å². The zero-order valence-electron chi connectivity index (χ0n) is 24.3. The minimum absolute atomic E-state index is 0.0213. The van der Waals surface area contributed by atoms with E-state index in [1.165, 1.54) is 41.0 Å². The van der Waals surface area contributed by atoms with Crippen LogP contribution in [0.5, 0.6) is 0 Å². The van der Waals surface area contributed by atoms with Gasteiger partial charge in [0.2, 0.25) is 5.91 Å². The number of hydrogen-bond donors (Lipinski definition) is 1. The van der Waals surface area contributed by atoms with Gasteiger partial charge < -0.3 is 15.1 Å². The molecule has 0 unspecified atom stereocenters. The van der Waals surface area contributed by atoms with E-state index >= 15 is 0 Å². The summed E-state index contributed by atoms with van der Waals surface area (Å²) in [5.74, 6) is -0.517. The molecule has 1 aliphatic rings. The maximum absolute atomic E-state index is 14.0. The Labute approximate surface area is 238 Å². The fourth-order valence-corrected chi connectivity index (χ4v) is 6.20. The van der Waals surface area contributed by atoms with Gasteiger partial charge in [-0.1, -0.05) is 67.4 Å². The largest absolute Gasteiger partial charge is 0.342 e. The number of carbonyl (C=O) groups is 1. The zero-order valence-corrected chi connectivity index (χ0v) is 24.3. The zero-order chi connectivity index (χ0) is 28.6. The SMILES string of the molecule is CCN(CC)CCC(=O)N1CC[C@@H](NCc2cc(C)cc(C)c2)[C@@H](C(c2ccc(F)cc2)c2ccc(F)cc2)C1. The molecule has 0 bridgehead atoms. The molecular formula is C34H43F2N3O. The lowest BCUT2D eigenvalue weighted by Gasteiger charge is -2.43. The molecule has 1 aliphatic heterocycles. The van der Waals surface area contributed by atoms with E-state index in [9.17, 15) is 13.6 Å². The number of hydrogen-bond acceptors (Lipinski definition) is 3. The van der Waals surface area contributed by atoms with Gasteiger partial charge in [0, 0.05) is 50.5 Å². The third-order valence-electron chi connectivity index (χ3n) is 8.28. The van der Waals surface area contributed by atoms with Crippen molar-refractivity contribution >= 4 is 5.91 Å². The summed E-state index contributed by atoms with van der Waals surface area (Å²) in [6.07, 6.45) is 1.30. The first-order valence-electron chi connectivity index (χ1n) is 14.6. The highest BCUT2D eigenvalue weighted by Gasteiger charge is 2.37. The van der Waals surface area contributed by atoms with Gasteiger partial charge in [-0.2, -0.15) is 0 Å². The van der Waals surface area contributed by atoms with Gasteiger partial charge in [-0.3, -0.25) is 4.79 Å². The van der Waals surface area contributed by atoms with Crippen LogP contribution in [0.4, 0.5) is 8.78 Å². The Balaban J connectivity index is 1.65. The average molecular weight is 548 g/mol. The Morgan fingerprint density at radius 1 is 0.925 bits per heavy atom. The van der Waals surface area contributed by atoms with Gasteiger partial charge in [0.25, 0.3) is 0 Å². The van der Waals surface area contributed by atoms with E-state index in [4.69, 9.17) is 0 Å². The van der Waals surface area contributed by atoms with Crippen LogP contribution in [0.15, 0.2) is 66.7 Å².